The lowest BCUT2D eigenvalue weighted by Crippen LogP contribution is -2.34. The molecule has 108 valence electrons. The lowest BCUT2D eigenvalue weighted by Gasteiger charge is -2.28. The molecule has 0 aromatic heterocycles. The van der Waals surface area contributed by atoms with Crippen molar-refractivity contribution in [2.45, 2.75) is 32.9 Å². The van der Waals surface area contributed by atoms with Gasteiger partial charge >= 0.3 is 5.97 Å². The van der Waals surface area contributed by atoms with E-state index in [1.165, 1.54) is 18.2 Å². The molecule has 1 unspecified atom stereocenters. The van der Waals surface area contributed by atoms with Crippen molar-refractivity contribution in [1.82, 2.24) is 4.90 Å². The zero-order valence-electron chi connectivity index (χ0n) is 12.5. The van der Waals surface area contributed by atoms with Crippen molar-refractivity contribution in [3.8, 4) is 0 Å². The Morgan fingerprint density at radius 3 is 2.70 bits per heavy atom. The van der Waals surface area contributed by atoms with E-state index >= 15 is 0 Å². The van der Waals surface area contributed by atoms with Crippen molar-refractivity contribution in [1.29, 1.82) is 0 Å². The molecule has 0 aliphatic carbocycles. The zero-order valence-corrected chi connectivity index (χ0v) is 12.5. The standard InChI is InChI=1S/C17H23NO2/c1-13(2)17-15(11-16(19)20-3)9-10-18(17)12-14-7-5-4-6-8-14/h4-8,11,13,17H,9-10,12H2,1-3H3/b15-11+. The van der Waals surface area contributed by atoms with E-state index < -0.39 is 0 Å². The lowest BCUT2D eigenvalue weighted by atomic mass is 9.96. The van der Waals surface area contributed by atoms with Crippen LogP contribution in [0.25, 0.3) is 0 Å². The van der Waals surface area contributed by atoms with E-state index in [-0.39, 0.29) is 5.97 Å². The van der Waals surface area contributed by atoms with Crippen LogP contribution >= 0.6 is 0 Å². The normalized spacial score (nSPS) is 21.6. The molecule has 1 aromatic carbocycles. The van der Waals surface area contributed by atoms with Gasteiger partial charge in [-0.05, 0) is 23.5 Å². The summed E-state index contributed by atoms with van der Waals surface area (Å²) in [6.07, 6.45) is 2.63. The minimum absolute atomic E-state index is 0.243. The molecule has 2 rings (SSSR count). The average Bonchev–Trinajstić information content (AvgIpc) is 2.82. The summed E-state index contributed by atoms with van der Waals surface area (Å²) in [5.74, 6) is 0.240. The number of carbonyl (C=O) groups is 1. The van der Waals surface area contributed by atoms with Gasteiger partial charge in [0.05, 0.1) is 7.11 Å². The van der Waals surface area contributed by atoms with Crippen LogP contribution in [0.2, 0.25) is 0 Å². The van der Waals surface area contributed by atoms with Gasteiger partial charge < -0.3 is 4.74 Å². The Labute approximate surface area is 121 Å². The Kier molecular flexibility index (Phi) is 4.96. The Bertz CT molecular complexity index is 479. The van der Waals surface area contributed by atoms with E-state index in [9.17, 15) is 4.79 Å². The summed E-state index contributed by atoms with van der Waals surface area (Å²) in [5.41, 5.74) is 2.51. The molecule has 1 heterocycles. The zero-order chi connectivity index (χ0) is 14.5. The molecule has 1 aliphatic rings. The maximum absolute atomic E-state index is 11.5. The topological polar surface area (TPSA) is 29.5 Å². The van der Waals surface area contributed by atoms with Gasteiger partial charge in [0.1, 0.15) is 0 Å². The molecule has 0 amide bonds. The third-order valence-electron chi connectivity index (χ3n) is 3.83. The first-order valence-corrected chi connectivity index (χ1v) is 7.18. The summed E-state index contributed by atoms with van der Waals surface area (Å²) in [6.45, 7) is 6.35. The monoisotopic (exact) mass is 273 g/mol. The van der Waals surface area contributed by atoms with E-state index in [4.69, 9.17) is 4.74 Å². The van der Waals surface area contributed by atoms with Gasteiger partial charge in [-0.2, -0.15) is 0 Å². The molecule has 1 saturated heterocycles. The summed E-state index contributed by atoms with van der Waals surface area (Å²) in [4.78, 5) is 13.9. The second-order valence-corrected chi connectivity index (χ2v) is 5.64. The van der Waals surface area contributed by atoms with E-state index in [1.807, 2.05) is 6.07 Å². The summed E-state index contributed by atoms with van der Waals surface area (Å²) in [5, 5.41) is 0. The van der Waals surface area contributed by atoms with Crippen LogP contribution in [0.15, 0.2) is 42.0 Å². The number of hydrogen-bond donors (Lipinski definition) is 0. The predicted molar refractivity (Wildman–Crippen MR) is 80.2 cm³/mol. The largest absolute Gasteiger partial charge is 0.466 e. The van der Waals surface area contributed by atoms with Crippen LogP contribution in [0.3, 0.4) is 0 Å². The van der Waals surface area contributed by atoms with Crippen LogP contribution in [0, 0.1) is 5.92 Å². The lowest BCUT2D eigenvalue weighted by molar-refractivity contribution is -0.134. The van der Waals surface area contributed by atoms with E-state index in [0.29, 0.717) is 12.0 Å². The van der Waals surface area contributed by atoms with Gasteiger partial charge in [-0.25, -0.2) is 4.79 Å². The first kappa shape index (κ1) is 14.8. The molecule has 1 aliphatic heterocycles. The van der Waals surface area contributed by atoms with Crippen LogP contribution in [-0.2, 0) is 16.1 Å². The van der Waals surface area contributed by atoms with Gasteiger partial charge in [0.2, 0.25) is 0 Å². The van der Waals surface area contributed by atoms with Crippen molar-refractivity contribution < 1.29 is 9.53 Å². The highest BCUT2D eigenvalue weighted by Gasteiger charge is 2.31. The van der Waals surface area contributed by atoms with E-state index in [2.05, 4.69) is 43.0 Å². The summed E-state index contributed by atoms with van der Waals surface area (Å²) >= 11 is 0. The maximum atomic E-state index is 11.5. The third-order valence-corrected chi connectivity index (χ3v) is 3.83. The van der Waals surface area contributed by atoms with Gasteiger partial charge in [0, 0.05) is 25.2 Å². The van der Waals surface area contributed by atoms with Gasteiger partial charge in [0.15, 0.2) is 0 Å². The molecule has 0 saturated carbocycles. The Morgan fingerprint density at radius 2 is 2.10 bits per heavy atom. The molecule has 3 nitrogen and oxygen atoms in total. The van der Waals surface area contributed by atoms with Gasteiger partial charge in [-0.15, -0.1) is 0 Å². The fraction of sp³-hybridized carbons (Fsp3) is 0.471. The SMILES string of the molecule is COC(=O)/C=C1\CCN(Cc2ccccc2)C1C(C)C. The minimum Gasteiger partial charge on any atom is -0.466 e. The van der Waals surface area contributed by atoms with Crippen LogP contribution in [-0.4, -0.2) is 30.6 Å². The molecule has 1 fully saturated rings. The smallest absolute Gasteiger partial charge is 0.330 e. The summed E-state index contributed by atoms with van der Waals surface area (Å²) in [7, 11) is 1.43. The molecule has 1 aromatic rings. The number of hydrogen-bond acceptors (Lipinski definition) is 3. The highest BCUT2D eigenvalue weighted by atomic mass is 16.5. The second-order valence-electron chi connectivity index (χ2n) is 5.64. The third kappa shape index (κ3) is 3.48. The predicted octanol–water partition coefficient (Wildman–Crippen LogP) is 3.02. The highest BCUT2D eigenvalue weighted by Crippen LogP contribution is 2.30. The molecule has 0 N–H and O–H groups in total. The van der Waals surface area contributed by atoms with Crippen molar-refractivity contribution in [3.63, 3.8) is 0 Å². The van der Waals surface area contributed by atoms with Crippen molar-refractivity contribution in [3.05, 3.63) is 47.5 Å². The number of rotatable bonds is 4. The number of likely N-dealkylation sites (tertiary alicyclic amines) is 1. The van der Waals surface area contributed by atoms with Crippen molar-refractivity contribution in [2.75, 3.05) is 13.7 Å². The fourth-order valence-electron chi connectivity index (χ4n) is 3.01. The number of nitrogens with zero attached hydrogens (tertiary/aromatic N) is 1. The number of carbonyl (C=O) groups excluding carboxylic acids is 1. The Morgan fingerprint density at radius 1 is 1.40 bits per heavy atom. The average molecular weight is 273 g/mol. The van der Waals surface area contributed by atoms with Gasteiger partial charge in [-0.1, -0.05) is 44.2 Å². The van der Waals surface area contributed by atoms with Crippen LogP contribution in [0.1, 0.15) is 25.8 Å². The second kappa shape index (κ2) is 6.71. The van der Waals surface area contributed by atoms with E-state index in [0.717, 1.165) is 19.5 Å². The summed E-state index contributed by atoms with van der Waals surface area (Å²) < 4.78 is 4.76. The van der Waals surface area contributed by atoms with Crippen LogP contribution in [0.4, 0.5) is 0 Å². The summed E-state index contributed by atoms with van der Waals surface area (Å²) in [6, 6.07) is 10.8. The fourth-order valence-corrected chi connectivity index (χ4v) is 3.01. The number of methoxy groups -OCH3 is 1. The quantitative estimate of drug-likeness (QED) is 0.624. The highest BCUT2D eigenvalue weighted by molar-refractivity contribution is 5.83. The van der Waals surface area contributed by atoms with E-state index in [1.54, 1.807) is 6.08 Å². The van der Waals surface area contributed by atoms with Crippen molar-refractivity contribution >= 4 is 5.97 Å². The molecular formula is C17H23NO2. The van der Waals surface area contributed by atoms with Crippen molar-refractivity contribution in [2.24, 2.45) is 5.92 Å². The molecule has 0 bridgehead atoms. The Hall–Kier alpha value is -1.61. The molecule has 0 spiro atoms. The molecule has 3 heteroatoms. The van der Waals surface area contributed by atoms with Gasteiger partial charge in [-0.3, -0.25) is 4.90 Å². The molecule has 1 atom stereocenters. The molecule has 0 radical (unpaired) electrons. The number of benzene rings is 1. The van der Waals surface area contributed by atoms with Gasteiger partial charge in [0.25, 0.3) is 0 Å². The first-order valence-electron chi connectivity index (χ1n) is 7.18. The molecule has 20 heavy (non-hydrogen) atoms. The maximum Gasteiger partial charge on any atom is 0.330 e. The number of ether oxygens (including phenoxy) is 1. The molecular weight excluding hydrogens is 250 g/mol. The van der Waals surface area contributed by atoms with Crippen LogP contribution in [0.5, 0.6) is 0 Å². The Balaban J connectivity index is 2.14. The number of esters is 1. The van der Waals surface area contributed by atoms with Crippen LogP contribution < -0.4 is 0 Å². The first-order chi connectivity index (χ1) is 9.61. The minimum atomic E-state index is -0.243.